The predicted octanol–water partition coefficient (Wildman–Crippen LogP) is 4.00. The highest BCUT2D eigenvalue weighted by Gasteiger charge is 2.25. The monoisotopic (exact) mass is 468 g/mol. The molecule has 1 aromatic heterocycles. The third-order valence-corrected chi connectivity index (χ3v) is 6.82. The number of para-hydroxylation sites is 1. The number of halogens is 1. The van der Waals surface area contributed by atoms with Crippen LogP contribution >= 0.6 is 11.8 Å². The number of amides is 1. The van der Waals surface area contributed by atoms with Crippen LogP contribution in [0.1, 0.15) is 30.9 Å². The molecular weight excluding hydrogens is 443 g/mol. The summed E-state index contributed by atoms with van der Waals surface area (Å²) in [6, 6.07) is 13.9. The van der Waals surface area contributed by atoms with E-state index in [1.165, 1.54) is 23.9 Å². The van der Waals surface area contributed by atoms with E-state index in [9.17, 15) is 9.18 Å². The van der Waals surface area contributed by atoms with E-state index in [1.807, 2.05) is 28.8 Å². The molecule has 2 aliphatic heterocycles. The molecule has 0 bridgehead atoms. The number of hydrogen-bond donors (Lipinski definition) is 1. The Labute approximate surface area is 195 Å². The van der Waals surface area contributed by atoms with E-state index in [4.69, 9.17) is 9.47 Å². The van der Waals surface area contributed by atoms with E-state index in [-0.39, 0.29) is 29.6 Å². The third kappa shape index (κ3) is 5.04. The molecule has 3 aromatic rings. The number of carbonyl (C=O) groups excluding carboxylic acids is 1. The summed E-state index contributed by atoms with van der Waals surface area (Å²) in [4.78, 5) is 12.8. The Morgan fingerprint density at radius 1 is 1.12 bits per heavy atom. The number of fused-ring (bicyclic) bond motifs is 1. The van der Waals surface area contributed by atoms with Gasteiger partial charge in [-0.1, -0.05) is 30.0 Å². The molecule has 0 radical (unpaired) electrons. The Balaban J connectivity index is 1.30. The van der Waals surface area contributed by atoms with E-state index in [2.05, 4.69) is 15.5 Å². The number of nitrogens with zero attached hydrogens (tertiary/aromatic N) is 3. The van der Waals surface area contributed by atoms with Crippen molar-refractivity contribution in [1.29, 1.82) is 0 Å². The minimum Gasteiger partial charge on any atom is -0.493 e. The van der Waals surface area contributed by atoms with Gasteiger partial charge in [-0.2, -0.15) is 0 Å². The van der Waals surface area contributed by atoms with Crippen LogP contribution in [0.15, 0.2) is 53.7 Å². The van der Waals surface area contributed by atoms with Gasteiger partial charge in [0.05, 0.1) is 31.1 Å². The number of benzene rings is 2. The molecule has 0 aliphatic carbocycles. The lowest BCUT2D eigenvalue weighted by molar-refractivity contribution is -0.119. The van der Waals surface area contributed by atoms with Crippen LogP contribution in [0.3, 0.4) is 0 Å². The van der Waals surface area contributed by atoms with Crippen molar-refractivity contribution in [2.75, 3.05) is 19.0 Å². The molecule has 9 heteroatoms. The van der Waals surface area contributed by atoms with Gasteiger partial charge in [0.2, 0.25) is 5.91 Å². The zero-order chi connectivity index (χ0) is 22.6. The van der Waals surface area contributed by atoms with Crippen LogP contribution in [0, 0.1) is 5.82 Å². The molecule has 0 spiro atoms. The average molecular weight is 469 g/mol. The summed E-state index contributed by atoms with van der Waals surface area (Å²) >= 11 is 1.34. The number of carbonyl (C=O) groups is 1. The first-order chi connectivity index (χ1) is 16.2. The van der Waals surface area contributed by atoms with Crippen LogP contribution in [0.5, 0.6) is 5.75 Å². The van der Waals surface area contributed by atoms with Gasteiger partial charge >= 0.3 is 0 Å². The van der Waals surface area contributed by atoms with Crippen LogP contribution < -0.4 is 10.1 Å². The lowest BCUT2D eigenvalue weighted by Gasteiger charge is -2.26. The summed E-state index contributed by atoms with van der Waals surface area (Å²) in [5, 5.41) is 12.5. The van der Waals surface area contributed by atoms with Gasteiger partial charge in [0.1, 0.15) is 11.6 Å². The fourth-order valence-electron chi connectivity index (χ4n) is 4.22. The van der Waals surface area contributed by atoms with Gasteiger partial charge in [0.25, 0.3) is 0 Å². The van der Waals surface area contributed by atoms with Gasteiger partial charge in [0.15, 0.2) is 11.0 Å². The molecule has 5 rings (SSSR count). The van der Waals surface area contributed by atoms with Crippen molar-refractivity contribution in [3.05, 3.63) is 59.9 Å². The second-order valence-corrected chi connectivity index (χ2v) is 9.08. The van der Waals surface area contributed by atoms with E-state index in [0.29, 0.717) is 24.1 Å². The third-order valence-electron chi connectivity index (χ3n) is 5.86. The summed E-state index contributed by atoms with van der Waals surface area (Å²) in [7, 11) is 0. The smallest absolute Gasteiger partial charge is 0.230 e. The van der Waals surface area contributed by atoms with Crippen molar-refractivity contribution < 1.29 is 18.7 Å². The molecule has 3 heterocycles. The van der Waals surface area contributed by atoms with Gasteiger partial charge in [-0.3, -0.25) is 9.36 Å². The standard InChI is InChI=1S/C24H25FN4O3S/c25-17-9-7-16(8-10-17)23-27-28-24(29(23)14-18-4-3-12-31-18)33-15-22(30)26-20-11-13-32-21-6-2-1-5-19(20)21/h1-2,5-10,18,20H,3-4,11-15H2,(H,26,30)/t18-,20+/m1/s1. The second kappa shape index (κ2) is 9.93. The Bertz CT molecular complexity index is 1120. The van der Waals surface area contributed by atoms with Crippen molar-refractivity contribution in [2.24, 2.45) is 0 Å². The molecule has 1 amide bonds. The molecule has 2 atom stereocenters. The molecule has 172 valence electrons. The Kier molecular flexibility index (Phi) is 6.59. The van der Waals surface area contributed by atoms with Gasteiger partial charge in [0, 0.05) is 24.2 Å². The zero-order valence-electron chi connectivity index (χ0n) is 18.1. The van der Waals surface area contributed by atoms with Crippen molar-refractivity contribution in [3.63, 3.8) is 0 Å². The van der Waals surface area contributed by atoms with Crippen molar-refractivity contribution >= 4 is 17.7 Å². The molecule has 7 nitrogen and oxygen atoms in total. The number of thioether (sulfide) groups is 1. The van der Waals surface area contributed by atoms with Crippen molar-refractivity contribution in [3.8, 4) is 17.1 Å². The summed E-state index contributed by atoms with van der Waals surface area (Å²) in [6.45, 7) is 1.92. The highest BCUT2D eigenvalue weighted by atomic mass is 32.2. The quantitative estimate of drug-likeness (QED) is 0.528. The fourth-order valence-corrected chi connectivity index (χ4v) is 4.98. The average Bonchev–Trinajstić information content (AvgIpc) is 3.49. The summed E-state index contributed by atoms with van der Waals surface area (Å²) in [5.41, 5.74) is 1.78. The number of nitrogens with one attached hydrogen (secondary N) is 1. The summed E-state index contributed by atoms with van der Waals surface area (Å²) < 4.78 is 26.9. The number of aromatic nitrogens is 3. The Morgan fingerprint density at radius 3 is 2.79 bits per heavy atom. The molecular formula is C24H25FN4O3S. The molecule has 1 saturated heterocycles. The van der Waals surface area contributed by atoms with Crippen LogP contribution in [0.2, 0.25) is 0 Å². The highest BCUT2D eigenvalue weighted by Crippen LogP contribution is 2.32. The minimum atomic E-state index is -0.301. The van der Waals surface area contributed by atoms with Crippen LogP contribution in [-0.2, 0) is 16.1 Å². The minimum absolute atomic E-state index is 0.0671. The fraction of sp³-hybridized carbons (Fsp3) is 0.375. The predicted molar refractivity (Wildman–Crippen MR) is 123 cm³/mol. The lowest BCUT2D eigenvalue weighted by atomic mass is 10.0. The molecule has 1 N–H and O–H groups in total. The zero-order valence-corrected chi connectivity index (χ0v) is 18.9. The van der Waals surface area contributed by atoms with Crippen molar-refractivity contribution in [1.82, 2.24) is 20.1 Å². The Hall–Kier alpha value is -2.91. The highest BCUT2D eigenvalue weighted by molar-refractivity contribution is 7.99. The van der Waals surface area contributed by atoms with E-state index in [0.717, 1.165) is 42.7 Å². The molecule has 0 unspecified atom stereocenters. The maximum atomic E-state index is 13.4. The molecule has 1 fully saturated rings. The first-order valence-corrected chi connectivity index (χ1v) is 12.1. The molecule has 0 saturated carbocycles. The second-order valence-electron chi connectivity index (χ2n) is 8.14. The van der Waals surface area contributed by atoms with Crippen LogP contribution in [0.25, 0.3) is 11.4 Å². The lowest BCUT2D eigenvalue weighted by Crippen LogP contribution is -2.33. The molecule has 33 heavy (non-hydrogen) atoms. The van der Waals surface area contributed by atoms with Crippen LogP contribution in [0.4, 0.5) is 4.39 Å². The van der Waals surface area contributed by atoms with Gasteiger partial charge < -0.3 is 14.8 Å². The van der Waals surface area contributed by atoms with Crippen molar-refractivity contribution in [2.45, 2.75) is 43.1 Å². The normalized spacial score (nSPS) is 19.7. The van der Waals surface area contributed by atoms with E-state index in [1.54, 1.807) is 12.1 Å². The number of hydrogen-bond acceptors (Lipinski definition) is 6. The first-order valence-electron chi connectivity index (χ1n) is 11.1. The number of ether oxygens (including phenoxy) is 2. The van der Waals surface area contributed by atoms with Gasteiger partial charge in [-0.05, 0) is 43.2 Å². The van der Waals surface area contributed by atoms with E-state index < -0.39 is 0 Å². The van der Waals surface area contributed by atoms with E-state index >= 15 is 0 Å². The first kappa shape index (κ1) is 21.9. The van der Waals surface area contributed by atoms with Gasteiger partial charge in [-0.15, -0.1) is 10.2 Å². The molecule has 2 aliphatic rings. The largest absolute Gasteiger partial charge is 0.493 e. The molecule has 2 aromatic carbocycles. The maximum absolute atomic E-state index is 13.4. The summed E-state index contributed by atoms with van der Waals surface area (Å²) in [6.07, 6.45) is 2.80. The Morgan fingerprint density at radius 2 is 1.97 bits per heavy atom. The topological polar surface area (TPSA) is 78.3 Å². The van der Waals surface area contributed by atoms with Gasteiger partial charge in [-0.25, -0.2) is 4.39 Å². The SMILES string of the molecule is O=C(CSc1nnc(-c2ccc(F)cc2)n1C[C@H]1CCCO1)N[C@H]1CCOc2ccccc21. The maximum Gasteiger partial charge on any atom is 0.230 e. The number of rotatable bonds is 7. The summed E-state index contributed by atoms with van der Waals surface area (Å²) in [5.74, 6) is 1.31. The van der Waals surface area contributed by atoms with Crippen LogP contribution in [-0.4, -0.2) is 45.7 Å².